The maximum atomic E-state index is 12.9. The third-order valence-corrected chi connectivity index (χ3v) is 5.30. The molecule has 1 atom stereocenters. The number of carbonyl (C=O) groups is 2. The van der Waals surface area contributed by atoms with Gasteiger partial charge in [0.1, 0.15) is 11.5 Å². The Balaban J connectivity index is 2.04. The van der Waals surface area contributed by atoms with Crippen molar-refractivity contribution < 1.29 is 24.2 Å². The van der Waals surface area contributed by atoms with E-state index in [-0.39, 0.29) is 24.5 Å². The molecule has 0 spiro atoms. The first kappa shape index (κ1) is 22.5. The summed E-state index contributed by atoms with van der Waals surface area (Å²) in [6.45, 7) is 5.04. The molecule has 1 saturated heterocycles. The molecule has 1 amide bonds. The van der Waals surface area contributed by atoms with Crippen LogP contribution in [0.15, 0.2) is 48.3 Å². The zero-order chi connectivity index (χ0) is 22.4. The van der Waals surface area contributed by atoms with Crippen molar-refractivity contribution in [3.8, 4) is 5.75 Å². The minimum Gasteiger partial charge on any atom is -0.507 e. The number of aryl methyl sites for hydroxylation is 1. The molecule has 2 aromatic rings. The highest BCUT2D eigenvalue weighted by molar-refractivity contribution is 6.46. The van der Waals surface area contributed by atoms with Crippen molar-refractivity contribution in [3.63, 3.8) is 0 Å². The molecule has 31 heavy (non-hydrogen) atoms. The number of nitrogens with zero attached hydrogens (tertiary/aromatic N) is 2. The topological polar surface area (TPSA) is 89.0 Å². The predicted octanol–water partition coefficient (Wildman–Crippen LogP) is 3.64. The van der Waals surface area contributed by atoms with E-state index in [2.05, 4.69) is 11.9 Å². The Hall–Kier alpha value is -3.19. The molecule has 3 rings (SSSR count). The molecule has 7 nitrogen and oxygen atoms in total. The van der Waals surface area contributed by atoms with Gasteiger partial charge in [-0.2, -0.15) is 0 Å². The number of pyridine rings is 1. The van der Waals surface area contributed by atoms with Gasteiger partial charge >= 0.3 is 0 Å². The molecule has 1 aromatic heterocycles. The molecule has 0 radical (unpaired) electrons. The maximum Gasteiger partial charge on any atom is 0.295 e. The molecular weight excluding hydrogens is 396 g/mol. The number of aliphatic hydroxyl groups is 1. The number of hydrogen-bond acceptors (Lipinski definition) is 6. The largest absolute Gasteiger partial charge is 0.507 e. The van der Waals surface area contributed by atoms with Crippen LogP contribution in [-0.2, 0) is 14.3 Å². The summed E-state index contributed by atoms with van der Waals surface area (Å²) in [6.07, 6.45) is 5.21. The lowest BCUT2D eigenvalue weighted by atomic mass is 9.94. The average Bonchev–Trinajstić information content (AvgIpc) is 3.03. The van der Waals surface area contributed by atoms with Gasteiger partial charge in [0.25, 0.3) is 11.7 Å². The van der Waals surface area contributed by atoms with Gasteiger partial charge in [0, 0.05) is 31.6 Å². The van der Waals surface area contributed by atoms with Gasteiger partial charge in [0.15, 0.2) is 0 Å². The van der Waals surface area contributed by atoms with E-state index in [4.69, 9.17) is 9.47 Å². The first-order valence-electron chi connectivity index (χ1n) is 10.4. The van der Waals surface area contributed by atoms with Crippen molar-refractivity contribution in [2.75, 3.05) is 26.9 Å². The van der Waals surface area contributed by atoms with Gasteiger partial charge < -0.3 is 19.5 Å². The Kier molecular flexibility index (Phi) is 7.41. The second-order valence-corrected chi connectivity index (χ2v) is 7.45. The van der Waals surface area contributed by atoms with Crippen LogP contribution >= 0.6 is 0 Å². The summed E-state index contributed by atoms with van der Waals surface area (Å²) < 4.78 is 10.8. The zero-order valence-corrected chi connectivity index (χ0v) is 18.1. The van der Waals surface area contributed by atoms with E-state index in [1.54, 1.807) is 36.7 Å². The third-order valence-electron chi connectivity index (χ3n) is 5.30. The second kappa shape index (κ2) is 10.2. The van der Waals surface area contributed by atoms with E-state index in [1.165, 1.54) is 12.0 Å². The number of aromatic nitrogens is 1. The van der Waals surface area contributed by atoms with Crippen LogP contribution in [0.5, 0.6) is 5.75 Å². The first-order chi connectivity index (χ1) is 15.0. The van der Waals surface area contributed by atoms with Crippen molar-refractivity contribution in [2.45, 2.75) is 32.7 Å². The number of aliphatic hydroxyl groups excluding tert-OH is 1. The Labute approximate surface area is 182 Å². The van der Waals surface area contributed by atoms with E-state index in [0.29, 0.717) is 23.5 Å². The molecule has 1 aromatic carbocycles. The molecule has 1 aliphatic heterocycles. The Morgan fingerprint density at radius 2 is 2.03 bits per heavy atom. The van der Waals surface area contributed by atoms with Gasteiger partial charge in [-0.3, -0.25) is 14.6 Å². The van der Waals surface area contributed by atoms with Crippen LogP contribution in [0.3, 0.4) is 0 Å². The van der Waals surface area contributed by atoms with E-state index < -0.39 is 17.7 Å². The molecule has 7 heteroatoms. The van der Waals surface area contributed by atoms with Crippen molar-refractivity contribution in [1.82, 2.24) is 9.88 Å². The molecular formula is C24H28N2O5. The number of likely N-dealkylation sites (tertiary alicyclic amines) is 1. The zero-order valence-electron chi connectivity index (χ0n) is 18.1. The summed E-state index contributed by atoms with van der Waals surface area (Å²) in [5.41, 5.74) is 1.94. The van der Waals surface area contributed by atoms with Crippen LogP contribution in [0, 0.1) is 6.92 Å². The van der Waals surface area contributed by atoms with Crippen molar-refractivity contribution >= 4 is 17.4 Å². The number of ether oxygens (including phenoxy) is 2. The molecule has 1 unspecified atom stereocenters. The van der Waals surface area contributed by atoms with Crippen LogP contribution in [0.1, 0.15) is 42.5 Å². The van der Waals surface area contributed by atoms with Gasteiger partial charge in [-0.25, -0.2) is 0 Å². The highest BCUT2D eigenvalue weighted by atomic mass is 16.5. The Morgan fingerprint density at radius 3 is 2.68 bits per heavy atom. The standard InChI is InChI=1S/C24H28N2O5/c1-4-5-12-31-18-8-9-19(16(2)14-18)22(27)20-21(17-7-6-10-25-15-17)26(11-13-30-3)24(29)23(20)28/h6-10,14-15,21,27H,4-5,11-13H2,1-3H3/b22-20+. The summed E-state index contributed by atoms with van der Waals surface area (Å²) in [5, 5.41) is 11.2. The molecule has 1 N–H and O–H groups in total. The summed E-state index contributed by atoms with van der Waals surface area (Å²) >= 11 is 0. The molecule has 0 aliphatic carbocycles. The number of methoxy groups -OCH3 is 1. The van der Waals surface area contributed by atoms with Crippen LogP contribution in [0.4, 0.5) is 0 Å². The number of benzene rings is 1. The van der Waals surface area contributed by atoms with Gasteiger partial charge in [-0.1, -0.05) is 19.4 Å². The fourth-order valence-electron chi connectivity index (χ4n) is 3.66. The molecule has 0 bridgehead atoms. The van der Waals surface area contributed by atoms with Gasteiger partial charge in [-0.05, 0) is 48.7 Å². The fraction of sp³-hybridized carbons (Fsp3) is 0.375. The van der Waals surface area contributed by atoms with E-state index >= 15 is 0 Å². The predicted molar refractivity (Wildman–Crippen MR) is 117 cm³/mol. The van der Waals surface area contributed by atoms with Crippen LogP contribution in [0.25, 0.3) is 5.76 Å². The number of amides is 1. The molecule has 0 saturated carbocycles. The van der Waals surface area contributed by atoms with Crippen molar-refractivity contribution in [2.24, 2.45) is 0 Å². The average molecular weight is 424 g/mol. The van der Waals surface area contributed by atoms with E-state index in [0.717, 1.165) is 18.4 Å². The first-order valence-corrected chi connectivity index (χ1v) is 10.4. The Morgan fingerprint density at radius 1 is 1.23 bits per heavy atom. The van der Waals surface area contributed by atoms with Gasteiger partial charge in [0.2, 0.25) is 0 Å². The quantitative estimate of drug-likeness (QED) is 0.286. The second-order valence-electron chi connectivity index (χ2n) is 7.45. The molecule has 2 heterocycles. The SMILES string of the molecule is CCCCOc1ccc(/C(O)=C2\C(=O)C(=O)N(CCOC)C2c2cccnc2)c(C)c1. The van der Waals surface area contributed by atoms with Crippen LogP contribution in [-0.4, -0.2) is 53.5 Å². The van der Waals surface area contributed by atoms with Crippen molar-refractivity contribution in [1.29, 1.82) is 0 Å². The lowest BCUT2D eigenvalue weighted by Gasteiger charge is -2.24. The number of ketones is 1. The smallest absolute Gasteiger partial charge is 0.295 e. The summed E-state index contributed by atoms with van der Waals surface area (Å²) in [5.74, 6) is -0.883. The fourth-order valence-corrected chi connectivity index (χ4v) is 3.66. The third kappa shape index (κ3) is 4.77. The number of carbonyl (C=O) groups excluding carboxylic acids is 2. The summed E-state index contributed by atoms with van der Waals surface area (Å²) in [4.78, 5) is 31.2. The van der Waals surface area contributed by atoms with Gasteiger partial charge in [-0.15, -0.1) is 0 Å². The Bertz CT molecular complexity index is 971. The van der Waals surface area contributed by atoms with E-state index in [1.807, 2.05) is 13.0 Å². The minimum absolute atomic E-state index is 0.0526. The normalized spacial score (nSPS) is 17.9. The molecule has 1 fully saturated rings. The monoisotopic (exact) mass is 424 g/mol. The molecule has 164 valence electrons. The molecule has 1 aliphatic rings. The summed E-state index contributed by atoms with van der Waals surface area (Å²) in [7, 11) is 1.53. The number of rotatable bonds is 9. The highest BCUT2D eigenvalue weighted by Gasteiger charge is 2.46. The maximum absolute atomic E-state index is 12.9. The van der Waals surface area contributed by atoms with Gasteiger partial charge in [0.05, 0.1) is 24.8 Å². The number of hydrogen-bond donors (Lipinski definition) is 1. The number of Topliss-reactive ketones (excluding diaryl/α,β-unsaturated/α-hetero) is 1. The lowest BCUT2D eigenvalue weighted by molar-refractivity contribution is -0.140. The van der Waals surface area contributed by atoms with Crippen molar-refractivity contribution in [3.05, 3.63) is 65.0 Å². The van der Waals surface area contributed by atoms with E-state index in [9.17, 15) is 14.7 Å². The van der Waals surface area contributed by atoms with Crippen LogP contribution in [0.2, 0.25) is 0 Å². The number of unbranched alkanes of at least 4 members (excludes halogenated alkanes) is 1. The lowest BCUT2D eigenvalue weighted by Crippen LogP contribution is -2.32. The summed E-state index contributed by atoms with van der Waals surface area (Å²) in [6, 6.07) is 8.09. The minimum atomic E-state index is -0.733. The van der Waals surface area contributed by atoms with Crippen LogP contribution < -0.4 is 4.74 Å². The highest BCUT2D eigenvalue weighted by Crippen LogP contribution is 2.39.